The molecule has 3 fully saturated rings. The van der Waals surface area contributed by atoms with E-state index in [0.717, 1.165) is 27.6 Å². The van der Waals surface area contributed by atoms with E-state index in [1.165, 1.54) is 34.1 Å². The Morgan fingerprint density at radius 2 is 1.80 bits per heavy atom. The van der Waals surface area contributed by atoms with Gasteiger partial charge in [0.05, 0.1) is 42.3 Å². The van der Waals surface area contributed by atoms with Crippen LogP contribution in [-0.4, -0.2) is 63.7 Å². The molecular weight excluding hydrogens is 696 g/mol. The number of ether oxygens (including phenoxy) is 2. The van der Waals surface area contributed by atoms with Gasteiger partial charge in [-0.2, -0.15) is 10.00 Å². The van der Waals surface area contributed by atoms with Crippen LogP contribution in [0.15, 0.2) is 54.1 Å². The zero-order valence-corrected chi connectivity index (χ0v) is 29.9. The number of thiophene rings is 1. The lowest BCUT2D eigenvalue weighted by Crippen LogP contribution is -2.49. The van der Waals surface area contributed by atoms with Crippen molar-refractivity contribution in [2.24, 2.45) is 36.1 Å². The van der Waals surface area contributed by atoms with E-state index in [1.807, 2.05) is 31.2 Å². The lowest BCUT2D eigenvalue weighted by molar-refractivity contribution is -0.138. The number of halogens is 1. The highest BCUT2D eigenvalue weighted by Crippen LogP contribution is 2.64. The number of carbonyl (C=O) groups is 5. The van der Waals surface area contributed by atoms with Crippen LogP contribution in [0.25, 0.3) is 20.7 Å². The van der Waals surface area contributed by atoms with Crippen LogP contribution in [0.4, 0.5) is 10.6 Å². The summed E-state index contributed by atoms with van der Waals surface area (Å²) in [5.74, 6) is -6.04. The van der Waals surface area contributed by atoms with Gasteiger partial charge in [0.15, 0.2) is 0 Å². The van der Waals surface area contributed by atoms with E-state index in [4.69, 9.17) is 26.2 Å². The third-order valence-corrected chi connectivity index (χ3v) is 12.9. The second-order valence-corrected chi connectivity index (χ2v) is 15.3. The summed E-state index contributed by atoms with van der Waals surface area (Å²) in [5, 5.41) is 17.7. The molecule has 2 aromatic heterocycles. The van der Waals surface area contributed by atoms with Crippen LogP contribution < -0.4 is 9.64 Å². The molecule has 51 heavy (non-hydrogen) atoms. The van der Waals surface area contributed by atoms with Gasteiger partial charge >= 0.3 is 6.09 Å². The number of methoxy groups -OCH3 is 2. The lowest BCUT2D eigenvalue weighted by atomic mass is 9.51. The molecule has 4 aromatic rings. The molecule has 262 valence electrons. The Balaban J connectivity index is 1.26. The average Bonchev–Trinajstić information content (AvgIpc) is 3.78. The number of benzene rings is 2. The van der Waals surface area contributed by atoms with Gasteiger partial charge in [0, 0.05) is 34.3 Å². The highest BCUT2D eigenvalue weighted by molar-refractivity contribution is 7.22. The Labute approximate surface area is 301 Å². The minimum atomic E-state index is -1.42. The molecule has 4 heterocycles. The van der Waals surface area contributed by atoms with Gasteiger partial charge in [-0.25, -0.2) is 9.69 Å². The van der Waals surface area contributed by atoms with E-state index in [-0.39, 0.29) is 24.4 Å². The SMILES string of the molecule is COC(=O)N1C(=O)[C@H]2[C@H](CC=C3[C@H]2C[C@H]2C(=O)N(c4cc(-c5sc6ccc(Cl)cc6c5C)nn4C)C(=O)[C@@]2(C)[C@H]3c2cc(OC)ccc2O)C1=O. The van der Waals surface area contributed by atoms with Crippen LogP contribution in [0.1, 0.15) is 36.8 Å². The largest absolute Gasteiger partial charge is 0.508 e. The Morgan fingerprint density at radius 1 is 1.04 bits per heavy atom. The molecular formula is C37H33ClN4O8S. The van der Waals surface area contributed by atoms with Crippen LogP contribution >= 0.6 is 22.9 Å². The molecule has 0 bridgehead atoms. The van der Waals surface area contributed by atoms with Crippen LogP contribution in [-0.2, 0) is 31.0 Å². The fraction of sp³-hybridized carbons (Fsp3) is 0.351. The second-order valence-electron chi connectivity index (χ2n) is 13.8. The van der Waals surface area contributed by atoms with Crippen LogP contribution in [0, 0.1) is 36.0 Å². The fourth-order valence-corrected chi connectivity index (χ4v) is 10.3. The number of fused-ring (bicyclic) bond motifs is 5. The van der Waals surface area contributed by atoms with Gasteiger partial charge in [-0.05, 0) is 80.0 Å². The van der Waals surface area contributed by atoms with Crippen LogP contribution in [0.5, 0.6) is 11.5 Å². The number of phenols is 1. The Bertz CT molecular complexity index is 2280. The lowest BCUT2D eigenvalue weighted by Gasteiger charge is -2.49. The Kier molecular flexibility index (Phi) is 7.48. The molecule has 0 spiro atoms. The molecule has 2 aliphatic carbocycles. The number of allylic oxidation sites excluding steroid dienone is 2. The van der Waals surface area contributed by atoms with Gasteiger partial charge in [-0.1, -0.05) is 23.3 Å². The first-order valence-electron chi connectivity index (χ1n) is 16.5. The quantitative estimate of drug-likeness (QED) is 0.198. The van der Waals surface area contributed by atoms with Crippen LogP contribution in [0.2, 0.25) is 5.02 Å². The maximum absolute atomic E-state index is 15.0. The second kappa shape index (κ2) is 11.5. The van der Waals surface area contributed by atoms with Crippen molar-refractivity contribution in [2.75, 3.05) is 19.1 Å². The first-order chi connectivity index (χ1) is 24.3. The zero-order chi connectivity index (χ0) is 36.3. The molecule has 5 amide bonds. The van der Waals surface area contributed by atoms with Crippen molar-refractivity contribution >= 4 is 68.6 Å². The first-order valence-corrected chi connectivity index (χ1v) is 17.6. The summed E-state index contributed by atoms with van der Waals surface area (Å²) in [6, 6.07) is 12.1. The van der Waals surface area contributed by atoms with Gasteiger partial charge < -0.3 is 14.6 Å². The van der Waals surface area contributed by atoms with E-state index < -0.39 is 64.7 Å². The van der Waals surface area contributed by atoms with E-state index in [1.54, 1.807) is 32.2 Å². The van der Waals surface area contributed by atoms with Gasteiger partial charge in [0.25, 0.3) is 0 Å². The highest BCUT2D eigenvalue weighted by atomic mass is 35.5. The van der Waals surface area contributed by atoms with Crippen molar-refractivity contribution in [3.63, 3.8) is 0 Å². The number of hydrogen-bond donors (Lipinski definition) is 1. The number of amides is 5. The van der Waals surface area contributed by atoms with Crippen LogP contribution in [0.3, 0.4) is 0 Å². The van der Waals surface area contributed by atoms with Crippen molar-refractivity contribution in [3.05, 3.63) is 70.3 Å². The van der Waals surface area contributed by atoms with Gasteiger partial charge in [0.1, 0.15) is 23.0 Å². The predicted molar refractivity (Wildman–Crippen MR) is 187 cm³/mol. The molecule has 1 saturated carbocycles. The summed E-state index contributed by atoms with van der Waals surface area (Å²) < 4.78 is 12.8. The van der Waals surface area contributed by atoms with E-state index in [9.17, 15) is 29.1 Å². The number of imide groups is 4. The van der Waals surface area contributed by atoms with Gasteiger partial charge in [-0.15, -0.1) is 11.3 Å². The molecule has 0 unspecified atom stereocenters. The number of aromatic nitrogens is 2. The summed E-state index contributed by atoms with van der Waals surface area (Å²) in [5.41, 5.74) is 1.14. The topological polar surface area (TPSA) is 148 Å². The third kappa shape index (κ3) is 4.50. The number of anilines is 1. The molecule has 2 aliphatic heterocycles. The number of hydrogen-bond acceptors (Lipinski definition) is 10. The van der Waals surface area contributed by atoms with E-state index >= 15 is 0 Å². The molecule has 0 radical (unpaired) electrons. The number of likely N-dealkylation sites (tertiary alicyclic amines) is 1. The zero-order valence-electron chi connectivity index (χ0n) is 28.3. The highest BCUT2D eigenvalue weighted by Gasteiger charge is 2.68. The minimum absolute atomic E-state index is 0.0702. The normalized spacial score (nSPS) is 27.1. The summed E-state index contributed by atoms with van der Waals surface area (Å²) in [6.07, 6.45) is 0.974. The van der Waals surface area contributed by atoms with Gasteiger partial charge in [-0.3, -0.25) is 23.9 Å². The number of phenolic OH excluding ortho intramolecular Hbond substituents is 1. The van der Waals surface area contributed by atoms with Crippen molar-refractivity contribution in [1.82, 2.24) is 14.7 Å². The molecule has 4 aliphatic rings. The van der Waals surface area contributed by atoms with Gasteiger partial charge in [0.2, 0.25) is 23.6 Å². The van der Waals surface area contributed by atoms with E-state index in [2.05, 4.69) is 0 Å². The Morgan fingerprint density at radius 3 is 2.53 bits per heavy atom. The summed E-state index contributed by atoms with van der Waals surface area (Å²) in [6.45, 7) is 3.70. The monoisotopic (exact) mass is 728 g/mol. The molecule has 2 saturated heterocycles. The number of aromatic hydroxyl groups is 1. The molecule has 2 aromatic carbocycles. The summed E-state index contributed by atoms with van der Waals surface area (Å²) in [4.78, 5) is 72.1. The number of carbonyl (C=O) groups excluding carboxylic acids is 5. The van der Waals surface area contributed by atoms with E-state index in [0.29, 0.717) is 32.5 Å². The first kappa shape index (κ1) is 33.2. The van der Waals surface area contributed by atoms with Crippen molar-refractivity contribution in [2.45, 2.75) is 32.6 Å². The maximum Gasteiger partial charge on any atom is 0.423 e. The fourth-order valence-electron chi connectivity index (χ4n) is 8.96. The molecule has 1 N–H and O–H groups in total. The molecule has 6 atom stereocenters. The molecule has 8 rings (SSSR count). The minimum Gasteiger partial charge on any atom is -0.508 e. The molecule has 12 nitrogen and oxygen atoms in total. The number of rotatable bonds is 4. The predicted octanol–water partition coefficient (Wildman–Crippen LogP) is 5.97. The summed E-state index contributed by atoms with van der Waals surface area (Å²) in [7, 11) is 4.25. The smallest absolute Gasteiger partial charge is 0.423 e. The third-order valence-electron chi connectivity index (χ3n) is 11.4. The number of nitrogens with zero attached hydrogens (tertiary/aromatic N) is 4. The van der Waals surface area contributed by atoms with Crippen molar-refractivity contribution in [1.29, 1.82) is 0 Å². The number of aryl methyl sites for hydroxylation is 2. The Hall–Kier alpha value is -5.01. The van der Waals surface area contributed by atoms with Crippen molar-refractivity contribution < 1.29 is 38.6 Å². The van der Waals surface area contributed by atoms with Crippen molar-refractivity contribution in [3.8, 4) is 22.1 Å². The maximum atomic E-state index is 15.0. The molecule has 14 heteroatoms. The summed E-state index contributed by atoms with van der Waals surface area (Å²) >= 11 is 7.82. The average molecular weight is 729 g/mol. The standard InChI is InChI=1S/C37H33ClN4O8S/c1-16-21-12-17(38)6-11-27(21)51-31(16)25-15-28(40(3)39-25)41-33(45)24-14-22-19(8-9-20-29(22)34(46)42(32(20)44)36(48)50-5)30(37(24,2)35(41)47)23-13-18(49-4)7-10-26(23)43/h6-8,10-13,15,20,22,24,29-30,43H,9,14H2,1-5H3/t20-,22+,24-,29-,30+,37+/m0/s1.